The minimum absolute atomic E-state index is 0.0523. The van der Waals surface area contributed by atoms with Crippen LogP contribution in [0.1, 0.15) is 24.0 Å². The molecule has 2 nitrogen and oxygen atoms in total. The van der Waals surface area contributed by atoms with Crippen molar-refractivity contribution in [3.05, 3.63) is 29.3 Å². The van der Waals surface area contributed by atoms with Crippen molar-refractivity contribution in [2.45, 2.75) is 19.5 Å². The Morgan fingerprint density at radius 1 is 1.46 bits per heavy atom. The second-order valence-corrected chi connectivity index (χ2v) is 3.11. The summed E-state index contributed by atoms with van der Waals surface area (Å²) in [6.45, 7) is 1.17. The monoisotopic (exact) mass is 184 g/mol. The summed E-state index contributed by atoms with van der Waals surface area (Å²) in [4.78, 5) is 0. The van der Waals surface area contributed by atoms with Crippen LogP contribution in [0.25, 0.3) is 0 Å². The molecule has 0 radical (unpaired) electrons. The Labute approximate surface area is 76.6 Å². The van der Waals surface area contributed by atoms with Crippen LogP contribution in [-0.4, -0.2) is 16.8 Å². The van der Waals surface area contributed by atoms with Crippen LogP contribution in [0.15, 0.2) is 18.2 Å². The summed E-state index contributed by atoms with van der Waals surface area (Å²) in [7, 11) is 0. The Bertz CT molecular complexity index is 286. The number of benzene rings is 1. The van der Waals surface area contributed by atoms with Crippen molar-refractivity contribution < 1.29 is 14.6 Å². The topological polar surface area (TPSA) is 40.5 Å². The van der Waals surface area contributed by atoms with Crippen molar-refractivity contribution in [1.29, 1.82) is 0 Å². The zero-order valence-electron chi connectivity index (χ0n) is 7.50. The first-order valence-corrected chi connectivity index (χ1v) is 4.17. The Balaban J connectivity index is 3.03. The summed E-state index contributed by atoms with van der Waals surface area (Å²) in [6, 6.07) is 4.57. The third-order valence-electron chi connectivity index (χ3n) is 2.05. The van der Waals surface area contributed by atoms with Gasteiger partial charge in [-0.3, -0.25) is 0 Å². The number of phenolic OH excluding ortho intramolecular Hbond substituents is 1. The van der Waals surface area contributed by atoms with Gasteiger partial charge in [0, 0.05) is 12.5 Å². The lowest BCUT2D eigenvalue weighted by molar-refractivity contribution is 0.270. The molecule has 1 aromatic carbocycles. The number of phenols is 1. The van der Waals surface area contributed by atoms with Crippen molar-refractivity contribution in [1.82, 2.24) is 0 Å². The summed E-state index contributed by atoms with van der Waals surface area (Å²) in [5.74, 6) is -0.0507. The van der Waals surface area contributed by atoms with Gasteiger partial charge in [0.1, 0.15) is 12.4 Å². The first-order chi connectivity index (χ1) is 6.19. The van der Waals surface area contributed by atoms with Crippen LogP contribution in [0.5, 0.6) is 5.75 Å². The highest BCUT2D eigenvalue weighted by Gasteiger charge is 2.09. The van der Waals surface area contributed by atoms with E-state index in [1.807, 2.05) is 0 Å². The van der Waals surface area contributed by atoms with Gasteiger partial charge >= 0.3 is 0 Å². The fourth-order valence-corrected chi connectivity index (χ4v) is 1.18. The first kappa shape index (κ1) is 9.99. The minimum atomic E-state index is -0.550. The Morgan fingerprint density at radius 3 is 2.69 bits per heavy atom. The number of aliphatic hydroxyl groups excluding tert-OH is 1. The van der Waals surface area contributed by atoms with Crippen LogP contribution in [0.3, 0.4) is 0 Å². The van der Waals surface area contributed by atoms with Gasteiger partial charge in [-0.15, -0.1) is 0 Å². The third-order valence-corrected chi connectivity index (χ3v) is 2.05. The van der Waals surface area contributed by atoms with Crippen LogP contribution >= 0.6 is 0 Å². The number of alkyl halides is 1. The molecule has 0 spiro atoms. The molecule has 0 aliphatic rings. The van der Waals surface area contributed by atoms with E-state index in [0.29, 0.717) is 11.1 Å². The van der Waals surface area contributed by atoms with E-state index in [2.05, 4.69) is 0 Å². The normalized spacial score (nSPS) is 12.8. The molecule has 0 fully saturated rings. The molecular weight excluding hydrogens is 171 g/mol. The molecule has 1 atom stereocenters. The lowest BCUT2D eigenvalue weighted by Crippen LogP contribution is -1.99. The molecule has 72 valence electrons. The standard InChI is InChI=1S/C10H13FO2/c1-7(6-12)9-4-8(5-11)2-3-10(9)13/h2-4,7,12-13H,5-6H2,1H3. The number of aromatic hydroxyl groups is 1. The van der Waals surface area contributed by atoms with Crippen molar-refractivity contribution in [2.24, 2.45) is 0 Å². The highest BCUT2D eigenvalue weighted by Crippen LogP contribution is 2.26. The van der Waals surface area contributed by atoms with Crippen LogP contribution in [-0.2, 0) is 6.67 Å². The Kier molecular flexibility index (Phi) is 3.25. The SMILES string of the molecule is CC(CO)c1cc(CF)ccc1O. The number of hydrogen-bond donors (Lipinski definition) is 2. The molecule has 13 heavy (non-hydrogen) atoms. The summed E-state index contributed by atoms with van der Waals surface area (Å²) in [5, 5.41) is 18.3. The largest absolute Gasteiger partial charge is 0.508 e. The molecule has 1 aromatic rings. The van der Waals surface area contributed by atoms with Gasteiger partial charge in [0.15, 0.2) is 0 Å². The van der Waals surface area contributed by atoms with Crippen molar-refractivity contribution in [3.63, 3.8) is 0 Å². The third kappa shape index (κ3) is 2.18. The van der Waals surface area contributed by atoms with Gasteiger partial charge in [-0.05, 0) is 23.3 Å². The average Bonchev–Trinajstić information content (AvgIpc) is 2.17. The minimum Gasteiger partial charge on any atom is -0.508 e. The van der Waals surface area contributed by atoms with Gasteiger partial charge in [0.25, 0.3) is 0 Å². The lowest BCUT2D eigenvalue weighted by Gasteiger charge is -2.11. The molecule has 0 saturated carbocycles. The van der Waals surface area contributed by atoms with E-state index in [1.165, 1.54) is 12.1 Å². The number of rotatable bonds is 3. The molecule has 0 saturated heterocycles. The van der Waals surface area contributed by atoms with Crippen LogP contribution in [0.2, 0.25) is 0 Å². The van der Waals surface area contributed by atoms with E-state index in [0.717, 1.165) is 0 Å². The van der Waals surface area contributed by atoms with E-state index in [1.54, 1.807) is 13.0 Å². The molecule has 1 rings (SSSR count). The molecule has 0 bridgehead atoms. The lowest BCUT2D eigenvalue weighted by atomic mass is 9.99. The maximum Gasteiger partial charge on any atom is 0.119 e. The molecule has 0 heterocycles. The van der Waals surface area contributed by atoms with Gasteiger partial charge in [-0.1, -0.05) is 13.0 Å². The summed E-state index contributed by atoms with van der Waals surface area (Å²) >= 11 is 0. The van der Waals surface area contributed by atoms with E-state index in [4.69, 9.17) is 5.11 Å². The quantitative estimate of drug-likeness (QED) is 0.753. The second kappa shape index (κ2) is 4.23. The highest BCUT2D eigenvalue weighted by atomic mass is 19.1. The second-order valence-electron chi connectivity index (χ2n) is 3.11. The highest BCUT2D eigenvalue weighted by molar-refractivity contribution is 5.38. The summed E-state index contributed by atoms with van der Waals surface area (Å²) < 4.78 is 12.3. The smallest absolute Gasteiger partial charge is 0.119 e. The Morgan fingerprint density at radius 2 is 2.15 bits per heavy atom. The number of aliphatic hydroxyl groups is 1. The van der Waals surface area contributed by atoms with Crippen molar-refractivity contribution in [2.75, 3.05) is 6.61 Å². The van der Waals surface area contributed by atoms with E-state index in [-0.39, 0.29) is 18.3 Å². The molecule has 3 heteroatoms. The molecule has 0 aliphatic carbocycles. The molecule has 0 amide bonds. The molecule has 0 aromatic heterocycles. The number of hydrogen-bond acceptors (Lipinski definition) is 2. The maximum absolute atomic E-state index is 12.3. The van der Waals surface area contributed by atoms with Gasteiger partial charge in [-0.2, -0.15) is 0 Å². The predicted octanol–water partition coefficient (Wildman–Crippen LogP) is 1.96. The number of halogens is 1. The first-order valence-electron chi connectivity index (χ1n) is 4.17. The average molecular weight is 184 g/mol. The van der Waals surface area contributed by atoms with Crippen molar-refractivity contribution >= 4 is 0 Å². The zero-order chi connectivity index (χ0) is 9.84. The molecule has 1 unspecified atom stereocenters. The van der Waals surface area contributed by atoms with Crippen LogP contribution in [0, 0.1) is 0 Å². The van der Waals surface area contributed by atoms with Gasteiger partial charge in [0.2, 0.25) is 0 Å². The van der Waals surface area contributed by atoms with Gasteiger partial charge < -0.3 is 10.2 Å². The van der Waals surface area contributed by atoms with Gasteiger partial charge in [0.05, 0.1) is 0 Å². The summed E-state index contributed by atoms with van der Waals surface area (Å²) in [6.07, 6.45) is 0. The van der Waals surface area contributed by atoms with Crippen molar-refractivity contribution in [3.8, 4) is 5.75 Å². The Hall–Kier alpha value is -1.09. The van der Waals surface area contributed by atoms with Crippen LogP contribution in [0.4, 0.5) is 4.39 Å². The fraction of sp³-hybridized carbons (Fsp3) is 0.400. The maximum atomic E-state index is 12.3. The van der Waals surface area contributed by atoms with E-state index >= 15 is 0 Å². The van der Waals surface area contributed by atoms with Gasteiger partial charge in [-0.25, -0.2) is 4.39 Å². The molecule has 0 aliphatic heterocycles. The molecular formula is C10H13FO2. The van der Waals surface area contributed by atoms with E-state index in [9.17, 15) is 9.50 Å². The fourth-order valence-electron chi connectivity index (χ4n) is 1.18. The molecule has 2 N–H and O–H groups in total. The van der Waals surface area contributed by atoms with E-state index < -0.39 is 6.67 Å². The zero-order valence-corrected chi connectivity index (χ0v) is 7.50. The predicted molar refractivity (Wildman–Crippen MR) is 48.4 cm³/mol. The summed E-state index contributed by atoms with van der Waals surface area (Å²) in [5.41, 5.74) is 1.12. The van der Waals surface area contributed by atoms with Crippen LogP contribution < -0.4 is 0 Å².